The van der Waals surface area contributed by atoms with Crippen LogP contribution in [0, 0.1) is 5.82 Å². The molecule has 1 aromatic carbocycles. The normalized spacial score (nSPS) is 10.5. The zero-order valence-electron chi connectivity index (χ0n) is 12.1. The number of halogens is 1. The van der Waals surface area contributed by atoms with Gasteiger partial charge in [-0.2, -0.15) is 0 Å². The molecule has 2 aromatic rings. The van der Waals surface area contributed by atoms with E-state index >= 15 is 0 Å². The molecule has 22 heavy (non-hydrogen) atoms. The number of rotatable bonds is 7. The Bertz CT molecular complexity index is 670. The van der Waals surface area contributed by atoms with Gasteiger partial charge in [0.05, 0.1) is 10.6 Å². The van der Waals surface area contributed by atoms with Gasteiger partial charge in [-0.05, 0) is 30.7 Å². The first-order valence-electron chi connectivity index (χ1n) is 6.80. The lowest BCUT2D eigenvalue weighted by Crippen LogP contribution is -2.22. The van der Waals surface area contributed by atoms with E-state index < -0.39 is 0 Å². The summed E-state index contributed by atoms with van der Waals surface area (Å²) < 4.78 is 13.5. The number of hydrogen-bond donors (Lipinski definition) is 1. The summed E-state index contributed by atoms with van der Waals surface area (Å²) in [5, 5.41) is 2.72. The molecular formula is C16H16FNO2S2. The summed E-state index contributed by atoms with van der Waals surface area (Å²) in [6, 6.07) is 10.1. The first-order chi connectivity index (χ1) is 10.6. The third kappa shape index (κ3) is 4.96. The van der Waals surface area contributed by atoms with Crippen molar-refractivity contribution >= 4 is 34.8 Å². The molecule has 0 aliphatic rings. The Morgan fingerprint density at radius 2 is 2.00 bits per heavy atom. The van der Waals surface area contributed by atoms with Gasteiger partial charge in [-0.3, -0.25) is 9.59 Å². The van der Waals surface area contributed by atoms with Crippen molar-refractivity contribution in [1.29, 1.82) is 0 Å². The number of thiophene rings is 1. The Morgan fingerprint density at radius 3 is 2.73 bits per heavy atom. The summed E-state index contributed by atoms with van der Waals surface area (Å²) in [6.07, 6.45) is 0.706. The number of amides is 1. The van der Waals surface area contributed by atoms with E-state index in [4.69, 9.17) is 0 Å². The molecule has 0 bridgehead atoms. The van der Waals surface area contributed by atoms with Crippen molar-refractivity contribution in [3.05, 3.63) is 52.0 Å². The van der Waals surface area contributed by atoms with Crippen LogP contribution in [0.4, 0.5) is 4.39 Å². The third-order valence-corrected chi connectivity index (χ3v) is 5.11. The number of thioether (sulfide) groups is 1. The number of Topliss-reactive ketones (excluding diaryl/α,β-unsaturated/α-hetero) is 1. The van der Waals surface area contributed by atoms with Gasteiger partial charge in [0, 0.05) is 23.2 Å². The fraction of sp³-hybridized carbons (Fsp3) is 0.250. The molecular weight excluding hydrogens is 321 g/mol. The minimum Gasteiger partial charge on any atom is -0.356 e. The lowest BCUT2D eigenvalue weighted by molar-refractivity contribution is -0.118. The average molecular weight is 337 g/mol. The summed E-state index contributed by atoms with van der Waals surface area (Å²) in [5.74, 6) is -0.160. The number of hydrogen-bond acceptors (Lipinski definition) is 4. The molecule has 6 heteroatoms. The zero-order chi connectivity index (χ0) is 15.9. The molecule has 3 nitrogen and oxygen atoms in total. The fourth-order valence-corrected chi connectivity index (χ4v) is 3.66. The molecule has 116 valence electrons. The van der Waals surface area contributed by atoms with Crippen LogP contribution in [0.3, 0.4) is 0 Å². The van der Waals surface area contributed by atoms with Gasteiger partial charge in [-0.25, -0.2) is 4.39 Å². The van der Waals surface area contributed by atoms with Crippen molar-refractivity contribution < 1.29 is 14.0 Å². The minimum atomic E-state index is -0.303. The highest BCUT2D eigenvalue weighted by Gasteiger charge is 2.11. The maximum Gasteiger partial charge on any atom is 0.216 e. The van der Waals surface area contributed by atoms with Crippen LogP contribution in [-0.2, 0) is 11.2 Å². The van der Waals surface area contributed by atoms with Gasteiger partial charge in [-0.1, -0.05) is 12.1 Å². The van der Waals surface area contributed by atoms with E-state index in [1.807, 2.05) is 6.07 Å². The van der Waals surface area contributed by atoms with E-state index in [9.17, 15) is 14.0 Å². The van der Waals surface area contributed by atoms with Gasteiger partial charge in [0.2, 0.25) is 5.91 Å². The Balaban J connectivity index is 1.86. The molecule has 1 amide bonds. The fourth-order valence-electron chi connectivity index (χ4n) is 1.80. The predicted molar refractivity (Wildman–Crippen MR) is 88.2 cm³/mol. The Hall–Kier alpha value is -1.66. The molecule has 0 spiro atoms. The molecule has 0 aliphatic carbocycles. The van der Waals surface area contributed by atoms with E-state index in [1.165, 1.54) is 36.1 Å². The largest absolute Gasteiger partial charge is 0.356 e. The monoisotopic (exact) mass is 337 g/mol. The Labute approximate surface area is 136 Å². The van der Waals surface area contributed by atoms with E-state index in [2.05, 4.69) is 5.32 Å². The van der Waals surface area contributed by atoms with Gasteiger partial charge in [0.25, 0.3) is 0 Å². The summed E-state index contributed by atoms with van der Waals surface area (Å²) >= 11 is 2.63. The standard InChI is InChI=1S/C16H16FNO2S2/c1-11(19)18-9-8-12-6-7-16(22-12)14(20)10-21-15-5-3-2-4-13(15)17/h2-7H,8-10H2,1H3,(H,18,19). The van der Waals surface area contributed by atoms with Crippen LogP contribution in [0.25, 0.3) is 0 Å². The lowest BCUT2D eigenvalue weighted by Gasteiger charge is -2.01. The van der Waals surface area contributed by atoms with Crippen LogP contribution in [0.5, 0.6) is 0 Å². The molecule has 0 fully saturated rings. The molecule has 0 unspecified atom stereocenters. The summed E-state index contributed by atoms with van der Waals surface area (Å²) in [4.78, 5) is 25.1. The van der Waals surface area contributed by atoms with Crippen LogP contribution >= 0.6 is 23.1 Å². The van der Waals surface area contributed by atoms with Crippen molar-refractivity contribution in [3.63, 3.8) is 0 Å². The quantitative estimate of drug-likeness (QED) is 0.621. The maximum absolute atomic E-state index is 13.5. The highest BCUT2D eigenvalue weighted by molar-refractivity contribution is 8.00. The summed E-state index contributed by atoms with van der Waals surface area (Å²) in [6.45, 7) is 2.04. The van der Waals surface area contributed by atoms with E-state index in [0.717, 1.165) is 4.88 Å². The third-order valence-electron chi connectivity index (χ3n) is 2.88. The van der Waals surface area contributed by atoms with Crippen LogP contribution in [0.2, 0.25) is 0 Å². The topological polar surface area (TPSA) is 46.2 Å². The van der Waals surface area contributed by atoms with E-state index in [0.29, 0.717) is 22.7 Å². The highest BCUT2D eigenvalue weighted by Crippen LogP contribution is 2.24. The first kappa shape index (κ1) is 16.7. The molecule has 0 saturated carbocycles. The highest BCUT2D eigenvalue weighted by atomic mass is 32.2. The Morgan fingerprint density at radius 1 is 1.23 bits per heavy atom. The van der Waals surface area contributed by atoms with Crippen molar-refractivity contribution in [3.8, 4) is 0 Å². The molecule has 0 radical (unpaired) electrons. The molecule has 0 saturated heterocycles. The number of ketones is 1. The number of benzene rings is 1. The lowest BCUT2D eigenvalue weighted by atomic mass is 10.3. The first-order valence-corrected chi connectivity index (χ1v) is 8.60. The maximum atomic E-state index is 13.5. The molecule has 1 N–H and O–H groups in total. The van der Waals surface area contributed by atoms with Crippen molar-refractivity contribution in [2.45, 2.75) is 18.2 Å². The van der Waals surface area contributed by atoms with Gasteiger partial charge in [0.15, 0.2) is 5.78 Å². The van der Waals surface area contributed by atoms with Crippen LogP contribution in [-0.4, -0.2) is 24.0 Å². The number of carbonyl (C=O) groups is 2. The van der Waals surface area contributed by atoms with Crippen molar-refractivity contribution in [1.82, 2.24) is 5.32 Å². The molecule has 0 atom stereocenters. The molecule has 1 heterocycles. The van der Waals surface area contributed by atoms with Crippen LogP contribution in [0.1, 0.15) is 21.5 Å². The van der Waals surface area contributed by atoms with Gasteiger partial charge < -0.3 is 5.32 Å². The molecule has 0 aliphatic heterocycles. The summed E-state index contributed by atoms with van der Waals surface area (Å²) in [7, 11) is 0. The Kier molecular flexibility index (Phi) is 6.15. The second-order valence-electron chi connectivity index (χ2n) is 4.64. The predicted octanol–water partition coefficient (Wildman–Crippen LogP) is 3.54. The second kappa shape index (κ2) is 8.10. The SMILES string of the molecule is CC(=O)NCCc1ccc(C(=O)CSc2ccccc2F)s1. The summed E-state index contributed by atoms with van der Waals surface area (Å²) in [5.41, 5.74) is 0. The van der Waals surface area contributed by atoms with E-state index in [-0.39, 0.29) is 23.3 Å². The molecule has 2 rings (SSSR count). The van der Waals surface area contributed by atoms with Gasteiger partial charge in [-0.15, -0.1) is 23.1 Å². The van der Waals surface area contributed by atoms with Crippen molar-refractivity contribution in [2.24, 2.45) is 0 Å². The minimum absolute atomic E-state index is 0.0102. The molecule has 1 aromatic heterocycles. The van der Waals surface area contributed by atoms with Gasteiger partial charge >= 0.3 is 0 Å². The van der Waals surface area contributed by atoms with Crippen molar-refractivity contribution in [2.75, 3.05) is 12.3 Å². The smallest absolute Gasteiger partial charge is 0.216 e. The number of nitrogens with one attached hydrogen (secondary N) is 1. The van der Waals surface area contributed by atoms with E-state index in [1.54, 1.807) is 24.3 Å². The zero-order valence-corrected chi connectivity index (χ0v) is 13.7. The second-order valence-corrected chi connectivity index (χ2v) is 6.83. The average Bonchev–Trinajstić information content (AvgIpc) is 2.94. The van der Waals surface area contributed by atoms with Crippen LogP contribution < -0.4 is 5.32 Å². The number of carbonyl (C=O) groups excluding carboxylic acids is 2. The van der Waals surface area contributed by atoms with Crippen LogP contribution in [0.15, 0.2) is 41.3 Å². The van der Waals surface area contributed by atoms with Gasteiger partial charge in [0.1, 0.15) is 5.82 Å².